The molecule has 1 aromatic carbocycles. The minimum atomic E-state index is -4.78. The topological polar surface area (TPSA) is 95.9 Å². The Labute approximate surface area is 125 Å². The number of ether oxygens (including phenoxy) is 2. The van der Waals surface area contributed by atoms with E-state index in [9.17, 15) is 18.1 Å². The van der Waals surface area contributed by atoms with E-state index in [0.29, 0.717) is 24.0 Å². The van der Waals surface area contributed by atoms with Crippen LogP contribution in [0.25, 0.3) is 0 Å². The van der Waals surface area contributed by atoms with Crippen LogP contribution in [0.1, 0.15) is 44.2 Å². The van der Waals surface area contributed by atoms with Gasteiger partial charge in [-0.05, 0) is 24.3 Å². The van der Waals surface area contributed by atoms with Gasteiger partial charge in [0.15, 0.2) is 11.5 Å². The molecule has 0 aliphatic rings. The fourth-order valence-electron chi connectivity index (χ4n) is 2.44. The maximum Gasteiger partial charge on any atom is 0.204 e. The lowest BCUT2D eigenvalue weighted by Crippen LogP contribution is -2.12. The Bertz CT molecular complexity index is 621. The van der Waals surface area contributed by atoms with E-state index in [1.807, 2.05) is 6.92 Å². The number of hydrogen-bond donors (Lipinski definition) is 1. The molecule has 0 bridgehead atoms. The molecule has 0 saturated carbocycles. The highest BCUT2D eigenvalue weighted by Gasteiger charge is 2.29. The van der Waals surface area contributed by atoms with E-state index in [2.05, 4.69) is 0 Å². The third kappa shape index (κ3) is 3.08. The molecule has 1 aromatic rings. The van der Waals surface area contributed by atoms with Gasteiger partial charge in [0.25, 0.3) is 0 Å². The van der Waals surface area contributed by atoms with Crippen molar-refractivity contribution in [1.82, 2.24) is 0 Å². The van der Waals surface area contributed by atoms with Crippen LogP contribution in [0, 0.1) is 0 Å². The Kier molecular flexibility index (Phi) is 5.47. The summed E-state index contributed by atoms with van der Waals surface area (Å²) < 4.78 is 45.3. The van der Waals surface area contributed by atoms with Crippen LogP contribution in [-0.2, 0) is 16.5 Å². The summed E-state index contributed by atoms with van der Waals surface area (Å²) in [5, 5.41) is 10.3. The summed E-state index contributed by atoms with van der Waals surface area (Å²) in [5.74, 6) is -0.766. The third-order valence-electron chi connectivity index (χ3n) is 3.60. The van der Waals surface area contributed by atoms with E-state index in [1.165, 1.54) is 14.2 Å². The van der Waals surface area contributed by atoms with Crippen LogP contribution in [0.3, 0.4) is 0 Å². The summed E-state index contributed by atoms with van der Waals surface area (Å²) in [5.41, 5.74) is 0.710. The number of phenolic OH excluding ortho intramolecular Hbond substituents is 1. The molecule has 1 rings (SSSR count). The van der Waals surface area contributed by atoms with E-state index >= 15 is 0 Å². The highest BCUT2D eigenvalue weighted by Crippen LogP contribution is 2.49. The monoisotopic (exact) mass is 317 g/mol. The second-order valence-electron chi connectivity index (χ2n) is 4.75. The lowest BCUT2D eigenvalue weighted by molar-refractivity contribution is 0.321. The zero-order valence-corrected chi connectivity index (χ0v) is 13.7. The van der Waals surface area contributed by atoms with Crippen molar-refractivity contribution in [3.63, 3.8) is 0 Å². The minimum Gasteiger partial charge on any atom is -0.744 e. The maximum absolute atomic E-state index is 11.7. The Morgan fingerprint density at radius 3 is 2.05 bits per heavy atom. The Hall–Kier alpha value is -1.47. The summed E-state index contributed by atoms with van der Waals surface area (Å²) in [7, 11) is -2.27. The zero-order valence-electron chi connectivity index (χ0n) is 12.9. The zero-order chi connectivity index (χ0) is 16.4. The minimum absolute atomic E-state index is 0.129. The molecule has 0 fully saturated rings. The number of phenols is 1. The van der Waals surface area contributed by atoms with Crippen LogP contribution >= 0.6 is 0 Å². The van der Waals surface area contributed by atoms with Crippen LogP contribution in [0.5, 0.6) is 17.2 Å². The second-order valence-corrected chi connectivity index (χ2v) is 6.07. The maximum atomic E-state index is 11.7. The van der Waals surface area contributed by atoms with Gasteiger partial charge in [0, 0.05) is 5.56 Å². The Balaban J connectivity index is 4.04. The van der Waals surface area contributed by atoms with Gasteiger partial charge in [-0.25, -0.2) is 8.42 Å². The average molecular weight is 317 g/mol. The standard InChI is InChI=1S/C14H22O6S/c1-6-8(3)10-9(7-2)11(15)12(19-4)13(20-5)14(10)21(16,17)18/h8,15H,6-7H2,1-5H3,(H,16,17,18)/p-1. The predicted octanol–water partition coefficient (Wildman–Crippen LogP) is 2.39. The van der Waals surface area contributed by atoms with E-state index in [0.717, 1.165) is 0 Å². The van der Waals surface area contributed by atoms with Crippen molar-refractivity contribution in [2.24, 2.45) is 0 Å². The predicted molar refractivity (Wildman–Crippen MR) is 77.3 cm³/mol. The van der Waals surface area contributed by atoms with Crippen molar-refractivity contribution in [2.45, 2.75) is 44.4 Å². The molecule has 7 heteroatoms. The Morgan fingerprint density at radius 1 is 1.19 bits per heavy atom. The van der Waals surface area contributed by atoms with E-state index in [4.69, 9.17) is 9.47 Å². The van der Waals surface area contributed by atoms with Crippen LogP contribution in [0.15, 0.2) is 4.90 Å². The molecular weight excluding hydrogens is 296 g/mol. The molecule has 21 heavy (non-hydrogen) atoms. The first-order valence-electron chi connectivity index (χ1n) is 6.69. The molecule has 1 atom stereocenters. The van der Waals surface area contributed by atoms with Gasteiger partial charge in [-0.1, -0.05) is 20.8 Å². The van der Waals surface area contributed by atoms with Gasteiger partial charge in [-0.2, -0.15) is 0 Å². The van der Waals surface area contributed by atoms with Gasteiger partial charge in [-0.15, -0.1) is 0 Å². The first-order chi connectivity index (χ1) is 9.74. The van der Waals surface area contributed by atoms with Crippen molar-refractivity contribution in [2.75, 3.05) is 14.2 Å². The smallest absolute Gasteiger partial charge is 0.204 e. The number of benzene rings is 1. The largest absolute Gasteiger partial charge is 0.744 e. The summed E-state index contributed by atoms with van der Waals surface area (Å²) in [6.45, 7) is 5.45. The number of methoxy groups -OCH3 is 2. The fourth-order valence-corrected chi connectivity index (χ4v) is 3.44. The van der Waals surface area contributed by atoms with Gasteiger partial charge < -0.3 is 19.1 Å². The molecular formula is C14H21O6S-. The molecule has 0 heterocycles. The van der Waals surface area contributed by atoms with E-state index in [-0.39, 0.29) is 23.2 Å². The molecule has 0 aliphatic carbocycles. The summed E-state index contributed by atoms with van der Waals surface area (Å²) in [6, 6.07) is 0. The third-order valence-corrected chi connectivity index (χ3v) is 4.51. The van der Waals surface area contributed by atoms with Crippen molar-refractivity contribution in [1.29, 1.82) is 0 Å². The van der Waals surface area contributed by atoms with Gasteiger partial charge in [0.05, 0.1) is 14.2 Å². The molecule has 0 saturated heterocycles. The normalized spacial score (nSPS) is 13.0. The molecule has 0 spiro atoms. The second kappa shape index (κ2) is 6.53. The first kappa shape index (κ1) is 17.6. The van der Waals surface area contributed by atoms with Crippen LogP contribution in [0.2, 0.25) is 0 Å². The molecule has 6 nitrogen and oxygen atoms in total. The summed E-state index contributed by atoms with van der Waals surface area (Å²) in [6.07, 6.45) is 0.985. The number of aromatic hydroxyl groups is 1. The quantitative estimate of drug-likeness (QED) is 0.809. The molecule has 0 aliphatic heterocycles. The number of hydrogen-bond acceptors (Lipinski definition) is 6. The molecule has 0 radical (unpaired) electrons. The lowest BCUT2D eigenvalue weighted by atomic mass is 9.91. The van der Waals surface area contributed by atoms with Gasteiger partial charge in [-0.3, -0.25) is 0 Å². The van der Waals surface area contributed by atoms with Gasteiger partial charge in [0.1, 0.15) is 15.0 Å². The lowest BCUT2D eigenvalue weighted by Gasteiger charge is -2.26. The van der Waals surface area contributed by atoms with Gasteiger partial charge >= 0.3 is 0 Å². The van der Waals surface area contributed by atoms with Crippen LogP contribution < -0.4 is 9.47 Å². The van der Waals surface area contributed by atoms with Gasteiger partial charge in [0.2, 0.25) is 5.75 Å². The van der Waals surface area contributed by atoms with Crippen LogP contribution in [0.4, 0.5) is 0 Å². The van der Waals surface area contributed by atoms with Crippen molar-refractivity contribution < 1.29 is 27.6 Å². The highest BCUT2D eigenvalue weighted by molar-refractivity contribution is 7.86. The number of rotatable bonds is 6. The van der Waals surface area contributed by atoms with Crippen molar-refractivity contribution in [3.8, 4) is 17.2 Å². The summed E-state index contributed by atoms with van der Waals surface area (Å²) in [4.78, 5) is -0.439. The molecule has 1 unspecified atom stereocenters. The molecule has 1 N–H and O–H groups in total. The highest BCUT2D eigenvalue weighted by atomic mass is 32.2. The van der Waals surface area contributed by atoms with E-state index in [1.54, 1.807) is 13.8 Å². The molecule has 120 valence electrons. The molecule has 0 aromatic heterocycles. The van der Waals surface area contributed by atoms with Crippen LogP contribution in [-0.4, -0.2) is 32.3 Å². The summed E-state index contributed by atoms with van der Waals surface area (Å²) >= 11 is 0. The van der Waals surface area contributed by atoms with Crippen molar-refractivity contribution >= 4 is 10.1 Å². The van der Waals surface area contributed by atoms with Crippen molar-refractivity contribution in [3.05, 3.63) is 11.1 Å². The first-order valence-corrected chi connectivity index (χ1v) is 8.10. The molecule has 0 amide bonds. The fraction of sp³-hybridized carbons (Fsp3) is 0.571. The van der Waals surface area contributed by atoms with E-state index < -0.39 is 15.0 Å². The SMILES string of the molecule is CCc1c(O)c(OC)c(OC)c(S(=O)(=O)[O-])c1C(C)CC. The average Bonchev–Trinajstić information content (AvgIpc) is 2.43. The Morgan fingerprint density at radius 2 is 1.71 bits per heavy atom.